The molecule has 0 bridgehead atoms. The van der Waals surface area contributed by atoms with Crippen molar-refractivity contribution in [3.63, 3.8) is 0 Å². The molecule has 1 unspecified atom stereocenters. The van der Waals surface area contributed by atoms with Crippen LogP contribution < -0.4 is 0 Å². The van der Waals surface area contributed by atoms with Crippen molar-refractivity contribution in [2.75, 3.05) is 0 Å². The van der Waals surface area contributed by atoms with Gasteiger partial charge in [0.1, 0.15) is 0 Å². The Morgan fingerprint density at radius 1 is 1.17 bits per heavy atom. The number of benzene rings is 1. The van der Waals surface area contributed by atoms with Crippen LogP contribution in [0.15, 0.2) is 30.3 Å². The van der Waals surface area contributed by atoms with Crippen molar-refractivity contribution in [2.24, 2.45) is 0 Å². The SMILES string of the molecule is CCC(C)c1ccccc1.[CH3-].[Rf]. The molecule has 0 saturated carbocycles. The summed E-state index contributed by atoms with van der Waals surface area (Å²) in [6.45, 7) is 4.48. The average molecular weight is 416 g/mol. The van der Waals surface area contributed by atoms with E-state index in [0.717, 1.165) is 0 Å². The molecule has 0 aliphatic heterocycles. The summed E-state index contributed by atoms with van der Waals surface area (Å²) in [7, 11) is 0. The first-order valence-corrected chi connectivity index (χ1v) is 3.89. The average Bonchev–Trinajstić information content (AvgIpc) is 2.05. The van der Waals surface area contributed by atoms with Crippen LogP contribution in [0.4, 0.5) is 0 Å². The number of rotatable bonds is 2. The van der Waals surface area contributed by atoms with Crippen molar-refractivity contribution < 1.29 is 0 Å². The molecule has 0 heterocycles. The molecule has 0 spiro atoms. The Bertz CT molecular complexity index is 181. The van der Waals surface area contributed by atoms with E-state index < -0.39 is 0 Å². The van der Waals surface area contributed by atoms with Gasteiger partial charge < -0.3 is 7.43 Å². The van der Waals surface area contributed by atoms with E-state index in [-0.39, 0.29) is 7.43 Å². The predicted octanol–water partition coefficient (Wildman–Crippen LogP) is 3.65. The summed E-state index contributed by atoms with van der Waals surface area (Å²) in [6, 6.07) is 10.6. The van der Waals surface area contributed by atoms with Gasteiger partial charge in [-0.25, -0.2) is 0 Å². The monoisotopic (exact) mass is 416 g/mol. The van der Waals surface area contributed by atoms with Crippen LogP contribution in [0, 0.1) is 7.43 Å². The summed E-state index contributed by atoms with van der Waals surface area (Å²) >= 11 is 0. The fraction of sp³-hybridized carbons (Fsp3) is 0.364. The van der Waals surface area contributed by atoms with Gasteiger partial charge in [-0.05, 0) is 17.9 Å². The first-order chi connectivity index (χ1) is 4.84. The first kappa shape index (κ1) is 12.9. The van der Waals surface area contributed by atoms with Gasteiger partial charge >= 0.3 is 0 Å². The molecule has 1 aromatic rings. The molecule has 0 aliphatic rings. The largest absolute Gasteiger partial charge is 0.358 e. The van der Waals surface area contributed by atoms with Crippen LogP contribution in [-0.4, -0.2) is 0 Å². The van der Waals surface area contributed by atoms with Gasteiger partial charge in [0, 0.05) is 0 Å². The Kier molecular flexibility index (Phi) is 6.39. The standard InChI is InChI=1S/C10H14.CH3.Rf/c1-3-9(2)10-7-5-4-6-8-10;;/h4-9H,3H2,1-2H3;1H3;/q;-1;. The van der Waals surface area contributed by atoms with Crippen LogP contribution in [0.5, 0.6) is 0 Å². The normalized spacial score (nSPS) is 10.8. The van der Waals surface area contributed by atoms with Crippen LogP contribution in [-0.2, 0) is 0 Å². The Hall–Kier alpha value is -1.78. The van der Waals surface area contributed by atoms with Crippen molar-refractivity contribution in [1.29, 1.82) is 0 Å². The topological polar surface area (TPSA) is 0 Å². The van der Waals surface area contributed by atoms with Gasteiger partial charge in [0.15, 0.2) is 0 Å². The third-order valence-electron chi connectivity index (χ3n) is 1.98. The Morgan fingerprint density at radius 2 is 1.67 bits per heavy atom. The fourth-order valence-corrected chi connectivity index (χ4v) is 1.02. The summed E-state index contributed by atoms with van der Waals surface area (Å²) in [5, 5.41) is 0. The molecule has 0 N–H and O–H groups in total. The van der Waals surface area contributed by atoms with Gasteiger partial charge in [-0.15, -0.1) is 0 Å². The van der Waals surface area contributed by atoms with E-state index in [9.17, 15) is 0 Å². The Labute approximate surface area is 70.3 Å². The fourth-order valence-electron chi connectivity index (χ4n) is 1.02. The van der Waals surface area contributed by atoms with Crippen LogP contribution in [0.25, 0.3) is 0 Å². The minimum absolute atomic E-state index is 0. The van der Waals surface area contributed by atoms with Gasteiger partial charge in [-0.2, -0.15) is 0 Å². The molecule has 0 aromatic heterocycles. The number of hydrogen-bond acceptors (Lipinski definition) is 0. The zero-order valence-corrected chi connectivity index (χ0v) is 14.8. The minimum atomic E-state index is 0. The van der Waals surface area contributed by atoms with Crippen molar-refractivity contribution in [1.82, 2.24) is 0 Å². The molecular formula is C11H17Rf-. The Morgan fingerprint density at radius 3 is 2.08 bits per heavy atom. The van der Waals surface area contributed by atoms with E-state index in [4.69, 9.17) is 0 Å². The molecule has 0 radical (unpaired) electrons. The van der Waals surface area contributed by atoms with Crippen LogP contribution >= 0.6 is 0 Å². The molecule has 12 heavy (non-hydrogen) atoms. The first-order valence-electron chi connectivity index (χ1n) is 3.89. The summed E-state index contributed by atoms with van der Waals surface area (Å²) in [6.07, 6.45) is 1.23. The summed E-state index contributed by atoms with van der Waals surface area (Å²) in [5.74, 6) is 0.709. The molecule has 1 atom stereocenters. The van der Waals surface area contributed by atoms with Gasteiger partial charge in [0.2, 0.25) is 0 Å². The molecule has 0 amide bonds. The maximum atomic E-state index is 2.26. The van der Waals surface area contributed by atoms with Crippen molar-refractivity contribution in [3.8, 4) is 0 Å². The van der Waals surface area contributed by atoms with Gasteiger partial charge in [0.05, 0.1) is 0 Å². The van der Waals surface area contributed by atoms with E-state index in [1.807, 2.05) is 0 Å². The maximum Gasteiger partial charge on any atom is 0 e. The van der Waals surface area contributed by atoms with E-state index in [1.54, 1.807) is 0 Å². The molecule has 0 nitrogen and oxygen atoms in total. The van der Waals surface area contributed by atoms with E-state index in [1.165, 1.54) is 12.0 Å². The molecule has 1 rings (SSSR count). The molecule has 0 fully saturated rings. The predicted molar refractivity (Wildman–Crippen MR) is 51.6 cm³/mol. The molecule has 0 saturated heterocycles. The smallest absolute Gasteiger partial charge is 0 e. The van der Waals surface area contributed by atoms with E-state index in [0.29, 0.717) is 5.92 Å². The van der Waals surface area contributed by atoms with Crippen molar-refractivity contribution in [2.45, 2.75) is 26.2 Å². The second-order valence-electron chi connectivity index (χ2n) is 2.72. The summed E-state index contributed by atoms with van der Waals surface area (Å²) in [4.78, 5) is 0. The number of hydrogen-bond donors (Lipinski definition) is 0. The third kappa shape index (κ3) is 2.87. The maximum absolute atomic E-state index is 2.26. The summed E-state index contributed by atoms with van der Waals surface area (Å²) < 4.78 is 0. The van der Waals surface area contributed by atoms with E-state index in [2.05, 4.69) is 44.2 Å². The molecule has 1 aromatic carbocycles. The Balaban J connectivity index is 0. The zero-order chi connectivity index (χ0) is 7.40. The minimum Gasteiger partial charge on any atom is -0.358 e. The van der Waals surface area contributed by atoms with Crippen LogP contribution in [0.2, 0.25) is 0 Å². The molecule has 0 aliphatic carbocycles. The van der Waals surface area contributed by atoms with Gasteiger partial charge in [-0.1, -0.05) is 44.2 Å². The second-order valence-corrected chi connectivity index (χ2v) is 2.72. The summed E-state index contributed by atoms with van der Waals surface area (Å²) in [5.41, 5.74) is 1.45. The van der Waals surface area contributed by atoms with Gasteiger partial charge in [-0.3, -0.25) is 0 Å². The molecular weight excluding hydrogens is 399 g/mol. The van der Waals surface area contributed by atoms with Crippen molar-refractivity contribution >= 4 is 0 Å². The third-order valence-corrected chi connectivity index (χ3v) is 1.98. The zero-order valence-electron chi connectivity index (χ0n) is 8.38. The molecule has 64 valence electrons. The quantitative estimate of drug-likeness (QED) is 0.646. The van der Waals surface area contributed by atoms with Gasteiger partial charge in [0.25, 0.3) is 0 Å². The molecule has 1 heteroatoms. The van der Waals surface area contributed by atoms with Crippen LogP contribution in [0.3, 0.4) is 0 Å². The van der Waals surface area contributed by atoms with E-state index >= 15 is 0 Å². The van der Waals surface area contributed by atoms with Crippen molar-refractivity contribution in [3.05, 3.63) is 43.3 Å². The van der Waals surface area contributed by atoms with Crippen LogP contribution in [0.1, 0.15) is 31.7 Å². The second kappa shape index (κ2) is 5.96.